The fourth-order valence-electron chi connectivity index (χ4n) is 7.87. The van der Waals surface area contributed by atoms with Gasteiger partial charge in [0, 0.05) is 36.6 Å². The molecule has 0 aliphatic heterocycles. The predicted octanol–water partition coefficient (Wildman–Crippen LogP) is 16.1. The van der Waals surface area contributed by atoms with Gasteiger partial charge in [-0.2, -0.15) is 0 Å². The Morgan fingerprint density at radius 1 is 0.635 bits per heavy atom. The number of aromatic hydroxyl groups is 1. The number of fused-ring (bicyclic) bond motifs is 1. The monoisotopic (exact) mass is 847 g/mol. The zero-order valence-corrected chi connectivity index (χ0v) is 37.4. The molecule has 2 heterocycles. The number of benzene rings is 6. The van der Waals surface area contributed by atoms with Crippen molar-refractivity contribution in [3.05, 3.63) is 167 Å². The average molecular weight is 847 g/mol. The molecule has 320 valence electrons. The maximum Gasteiger partial charge on any atom is 0.149 e. The van der Waals surface area contributed by atoms with E-state index in [2.05, 4.69) is 50.0 Å². The minimum Gasteiger partial charge on any atom is -0.507 e. The summed E-state index contributed by atoms with van der Waals surface area (Å²) in [6, 6.07) is 22.8. The van der Waals surface area contributed by atoms with Gasteiger partial charge in [-0.3, -0.25) is 9.55 Å². The fraction of sp³-hybridized carbons (Fsp3) is 0.288. The molecule has 4 nitrogen and oxygen atoms in total. The average Bonchev–Trinajstić information content (AvgIpc) is 2.54. The van der Waals surface area contributed by atoms with Crippen molar-refractivity contribution in [2.45, 2.75) is 112 Å². The molecule has 4 heteroatoms. The molecule has 8 aromatic rings. The Labute approximate surface area is 399 Å². The molecule has 2 aromatic heterocycles. The summed E-state index contributed by atoms with van der Waals surface area (Å²) in [7, 11) is 0. The van der Waals surface area contributed by atoms with Crippen LogP contribution in [-0.2, 0) is 16.2 Å². The van der Waals surface area contributed by atoms with Gasteiger partial charge in [-0.25, -0.2) is 4.98 Å². The first-order valence-corrected chi connectivity index (χ1v) is 21.0. The van der Waals surface area contributed by atoms with Crippen molar-refractivity contribution < 1.29 is 28.4 Å². The second-order valence-corrected chi connectivity index (χ2v) is 18.7. The van der Waals surface area contributed by atoms with Crippen LogP contribution in [-0.4, -0.2) is 19.6 Å². The van der Waals surface area contributed by atoms with Crippen LogP contribution in [0, 0.1) is 13.8 Å². The topological polar surface area (TPSA) is 50.9 Å². The Bertz CT molecular complexity index is 3730. The van der Waals surface area contributed by atoms with E-state index in [1.807, 2.05) is 108 Å². The smallest absolute Gasteiger partial charge is 0.149 e. The summed E-state index contributed by atoms with van der Waals surface area (Å²) < 4.78 is 149. The van der Waals surface area contributed by atoms with Crippen molar-refractivity contribution in [3.8, 4) is 67.5 Å². The summed E-state index contributed by atoms with van der Waals surface area (Å²) in [6.45, 7) is 7.98. The van der Waals surface area contributed by atoms with Gasteiger partial charge in [-0.1, -0.05) is 155 Å². The largest absolute Gasteiger partial charge is 0.507 e. The van der Waals surface area contributed by atoms with Crippen molar-refractivity contribution in [1.82, 2.24) is 14.5 Å². The van der Waals surface area contributed by atoms with E-state index in [-0.39, 0.29) is 22.4 Å². The van der Waals surface area contributed by atoms with Crippen LogP contribution in [0.25, 0.3) is 72.7 Å². The summed E-state index contributed by atoms with van der Waals surface area (Å²) >= 11 is 0. The van der Waals surface area contributed by atoms with Crippen LogP contribution >= 0.6 is 0 Å². The molecule has 1 N–H and O–H groups in total. The molecule has 0 aliphatic rings. The number of hydrogen-bond donors (Lipinski definition) is 1. The summed E-state index contributed by atoms with van der Waals surface area (Å²) in [5, 5.41) is 11.9. The summed E-state index contributed by atoms with van der Waals surface area (Å²) in [5.41, 5.74) is 1.97. The number of rotatable bonds is 7. The zero-order chi connectivity index (χ0) is 59.7. The number of phenols is 1. The highest BCUT2D eigenvalue weighted by atomic mass is 16.3. The van der Waals surface area contributed by atoms with Crippen molar-refractivity contribution in [3.63, 3.8) is 0 Å². The molecule has 0 atom stereocenters. The molecule has 0 spiro atoms. The van der Waals surface area contributed by atoms with Gasteiger partial charge in [0.15, 0.2) is 0 Å². The van der Waals surface area contributed by atoms with Crippen LogP contribution in [0.5, 0.6) is 5.75 Å². The SMILES string of the molecule is [2H]c1nc(-c2cc(-c3cccc4c3nc(-c3cc(C)cc(C)c3O)n4-c3ccc(C([2H])(C)C)cc3-c3ccc(C(C)(C)C)cc3)cc(C(C)(C)C)c2)c([2H])c(-c2c([2H])c([2H])c(C(C([2H])([2H])[2H])(C([2H])([2H])[2H])C([2H])([2H])[2H])c([2H])c2[2H])c1[2H]. The van der Waals surface area contributed by atoms with Gasteiger partial charge in [0.25, 0.3) is 0 Å². The van der Waals surface area contributed by atoms with E-state index in [0.717, 1.165) is 39.1 Å². The number of pyridine rings is 1. The fourth-order valence-corrected chi connectivity index (χ4v) is 7.87. The minimum atomic E-state index is -3.93. The highest BCUT2D eigenvalue weighted by Crippen LogP contribution is 2.43. The molecule has 0 saturated carbocycles. The van der Waals surface area contributed by atoms with Crippen molar-refractivity contribution >= 4 is 11.0 Å². The molecule has 63 heavy (non-hydrogen) atoms. The van der Waals surface area contributed by atoms with Gasteiger partial charge < -0.3 is 5.11 Å². The van der Waals surface area contributed by atoms with Crippen molar-refractivity contribution in [1.29, 1.82) is 0 Å². The molecule has 0 fully saturated rings. The van der Waals surface area contributed by atoms with Gasteiger partial charge in [-0.15, -0.1) is 0 Å². The first kappa shape index (κ1) is 27.0. The first-order valence-electron chi connectivity index (χ1n) is 29.5. The normalized spacial score (nSPS) is 17.1. The third-order valence-corrected chi connectivity index (χ3v) is 11.5. The number of aryl methyl sites for hydroxylation is 2. The maximum atomic E-state index is 11.9. The van der Waals surface area contributed by atoms with E-state index in [1.54, 1.807) is 12.1 Å². The van der Waals surface area contributed by atoms with E-state index in [0.29, 0.717) is 39.1 Å². The number of para-hydroxylation sites is 1. The van der Waals surface area contributed by atoms with Crippen LogP contribution in [0.15, 0.2) is 133 Å². The van der Waals surface area contributed by atoms with Crippen molar-refractivity contribution in [2.24, 2.45) is 0 Å². The lowest BCUT2D eigenvalue weighted by Crippen LogP contribution is -2.11. The van der Waals surface area contributed by atoms with Crippen molar-refractivity contribution in [2.75, 3.05) is 0 Å². The van der Waals surface area contributed by atoms with E-state index in [9.17, 15) is 9.22 Å². The van der Waals surface area contributed by atoms with Crippen LogP contribution in [0.1, 0.15) is 139 Å². The molecule has 6 aromatic carbocycles. The second-order valence-electron chi connectivity index (χ2n) is 18.7. The van der Waals surface area contributed by atoms with E-state index >= 15 is 0 Å². The number of phenolic OH excluding ortho intramolecular Hbond substituents is 1. The predicted molar refractivity (Wildman–Crippen MR) is 267 cm³/mol. The highest BCUT2D eigenvalue weighted by molar-refractivity contribution is 5.98. The Balaban J connectivity index is 1.43. The Kier molecular flexibility index (Phi) is 6.93. The lowest BCUT2D eigenvalue weighted by Gasteiger charge is -2.22. The number of aromatic nitrogens is 3. The second kappa shape index (κ2) is 16.1. The number of nitrogens with zero attached hydrogens (tertiary/aromatic N) is 3. The number of hydrogen-bond acceptors (Lipinski definition) is 3. The lowest BCUT2D eigenvalue weighted by atomic mass is 9.83. The third-order valence-electron chi connectivity index (χ3n) is 11.5. The lowest BCUT2D eigenvalue weighted by molar-refractivity contribution is 0.472. The standard InChI is InChI=1S/C59H63N3O/c1-36(2)41-21-26-52(49(34-41)40-19-24-46(25-20-40)58(8,9)10)62-53-16-14-15-48(54(53)61-56(62)50-30-37(3)29-38(4)55(50)63)43-31-44(33-47(32-43)59(11,12)13)51-35-42(27-28-60-51)39-17-22-45(23-18-39)57(5,6)7/h14-36,63H,1-13H3/i5D3,6D3,7D3,17D,18D,22D,23D,27D,28D,35D,36D. The molecular formula is C59H63N3O. The van der Waals surface area contributed by atoms with Gasteiger partial charge >= 0.3 is 0 Å². The van der Waals surface area contributed by atoms with Crippen LogP contribution in [0.4, 0.5) is 0 Å². The van der Waals surface area contributed by atoms with E-state index in [4.69, 9.17) is 24.2 Å². The Morgan fingerprint density at radius 3 is 2.00 bits per heavy atom. The minimum absolute atomic E-state index is 0.0298. The summed E-state index contributed by atoms with van der Waals surface area (Å²) in [4.78, 5) is 9.81. The number of imidazole rings is 1. The molecular weight excluding hydrogens is 767 g/mol. The van der Waals surface area contributed by atoms with Gasteiger partial charge in [0.1, 0.15) is 11.6 Å². The molecule has 0 radical (unpaired) electrons. The first-order chi connectivity index (χ1) is 36.6. The van der Waals surface area contributed by atoms with Gasteiger partial charge in [0.2, 0.25) is 0 Å². The Morgan fingerprint density at radius 2 is 1.33 bits per heavy atom. The third kappa shape index (κ3) is 8.61. The molecule has 8 rings (SSSR count). The summed E-state index contributed by atoms with van der Waals surface area (Å²) in [5.74, 6) is -0.519. The zero-order valence-electron chi connectivity index (χ0n) is 54.4. The van der Waals surface area contributed by atoms with Crippen LogP contribution in [0.2, 0.25) is 0 Å². The van der Waals surface area contributed by atoms with Gasteiger partial charge in [0.05, 0.1) is 37.6 Å². The maximum absolute atomic E-state index is 11.9. The molecule has 0 bridgehead atoms. The quantitative estimate of drug-likeness (QED) is 0.174. The van der Waals surface area contributed by atoms with Crippen LogP contribution < -0.4 is 0 Å². The molecule has 0 amide bonds. The van der Waals surface area contributed by atoms with E-state index in [1.165, 1.54) is 0 Å². The molecule has 0 saturated heterocycles. The molecule has 0 aliphatic carbocycles. The van der Waals surface area contributed by atoms with Gasteiger partial charge in [-0.05, 0) is 140 Å². The van der Waals surface area contributed by atoms with Crippen LogP contribution in [0.3, 0.4) is 0 Å². The molecule has 0 unspecified atom stereocenters. The summed E-state index contributed by atoms with van der Waals surface area (Å²) in [6.07, 6.45) is -0.737. The van der Waals surface area contributed by atoms with E-state index < -0.39 is 96.4 Å². The Hall–Kier alpha value is -6.26. The highest BCUT2D eigenvalue weighted by Gasteiger charge is 2.25.